The summed E-state index contributed by atoms with van der Waals surface area (Å²) >= 11 is 6.94. The van der Waals surface area contributed by atoms with Crippen LogP contribution in [0.5, 0.6) is 0 Å². The van der Waals surface area contributed by atoms with Gasteiger partial charge in [0.05, 0.1) is 0 Å². The predicted molar refractivity (Wildman–Crippen MR) is 179 cm³/mol. The summed E-state index contributed by atoms with van der Waals surface area (Å²) in [6.45, 7) is -25.3. The van der Waals surface area contributed by atoms with Crippen molar-refractivity contribution >= 4 is 59.7 Å². The minimum atomic E-state index is -4.47. The van der Waals surface area contributed by atoms with Gasteiger partial charge in [0.1, 0.15) is 0 Å². The lowest BCUT2D eigenvalue weighted by Gasteiger charge is -2.44. The molecule has 0 atom stereocenters. The standard InChI is InChI=1S/C37H35Br2N/c1-35(2)33-20-11-25(22-34(33)36(3,4)37(35,5)6)32-23-30(21-24-9-7-8-10-31(24)32)40(28-16-12-26(38)13-17-28)29-18-14-27(39)15-19-29/h7-23H,1-6H3/i1D3,2D3,3D3,4D3,5D3,6D3. The Morgan fingerprint density at radius 1 is 0.575 bits per heavy atom. The number of anilines is 3. The van der Waals surface area contributed by atoms with Crippen LogP contribution in [0.2, 0.25) is 0 Å². The van der Waals surface area contributed by atoms with E-state index in [4.69, 9.17) is 24.7 Å². The van der Waals surface area contributed by atoms with Gasteiger partial charge in [-0.1, -0.05) is 115 Å². The molecule has 40 heavy (non-hydrogen) atoms. The zero-order chi connectivity index (χ0) is 43.4. The minimum absolute atomic E-state index is 0.0399. The van der Waals surface area contributed by atoms with Gasteiger partial charge in [0.2, 0.25) is 0 Å². The minimum Gasteiger partial charge on any atom is -0.310 e. The van der Waals surface area contributed by atoms with E-state index in [2.05, 4.69) is 31.9 Å². The maximum absolute atomic E-state index is 8.87. The molecule has 0 bridgehead atoms. The van der Waals surface area contributed by atoms with Gasteiger partial charge < -0.3 is 4.90 Å². The van der Waals surface area contributed by atoms with Gasteiger partial charge in [-0.15, -0.1) is 0 Å². The van der Waals surface area contributed by atoms with E-state index in [0.717, 1.165) is 21.1 Å². The zero-order valence-corrected chi connectivity index (χ0v) is 24.2. The molecule has 5 aromatic carbocycles. The van der Waals surface area contributed by atoms with Gasteiger partial charge in [-0.05, 0) is 110 Å². The van der Waals surface area contributed by atoms with Crippen molar-refractivity contribution in [1.82, 2.24) is 0 Å². The number of hydrogen-bond donors (Lipinski definition) is 0. The summed E-state index contributed by atoms with van der Waals surface area (Å²) in [7, 11) is 0. The molecule has 0 N–H and O–H groups in total. The molecule has 0 saturated carbocycles. The molecule has 6 rings (SSSR count). The molecule has 5 aromatic rings. The Kier molecular flexibility index (Phi) is 3.22. The highest BCUT2D eigenvalue weighted by atomic mass is 79.9. The molecule has 0 unspecified atom stereocenters. The number of benzene rings is 5. The fraction of sp³-hybridized carbons (Fsp3) is 0.243. The molecule has 202 valence electrons. The van der Waals surface area contributed by atoms with Crippen molar-refractivity contribution in [1.29, 1.82) is 0 Å². The van der Waals surface area contributed by atoms with E-state index < -0.39 is 68.5 Å². The first-order chi connectivity index (χ1) is 26.4. The summed E-state index contributed by atoms with van der Waals surface area (Å²) in [5, 5.41) is 1.19. The van der Waals surface area contributed by atoms with Crippen LogP contribution in [0.1, 0.15) is 76.9 Å². The van der Waals surface area contributed by atoms with E-state index in [0.29, 0.717) is 33.4 Å². The van der Waals surface area contributed by atoms with Crippen LogP contribution in [0.4, 0.5) is 17.1 Å². The first kappa shape index (κ1) is 13.4. The van der Waals surface area contributed by atoms with Gasteiger partial charge in [0, 0.05) is 50.7 Å². The second-order valence-corrected chi connectivity index (χ2v) is 11.8. The first-order valence-electron chi connectivity index (χ1n) is 21.4. The maximum atomic E-state index is 8.87. The average molecular weight is 672 g/mol. The molecular weight excluding hydrogens is 618 g/mol. The van der Waals surface area contributed by atoms with Crippen LogP contribution in [0.25, 0.3) is 21.9 Å². The highest BCUT2D eigenvalue weighted by molar-refractivity contribution is 9.10. The van der Waals surface area contributed by atoms with Crippen molar-refractivity contribution in [3.8, 4) is 11.1 Å². The lowest BCUT2D eigenvalue weighted by molar-refractivity contribution is 0.125. The Balaban J connectivity index is 1.84. The Labute approximate surface area is 280 Å². The summed E-state index contributed by atoms with van der Waals surface area (Å²) in [6, 6.07) is 28.6. The second kappa shape index (κ2) is 9.60. The van der Waals surface area contributed by atoms with Gasteiger partial charge in [-0.25, -0.2) is 0 Å². The molecule has 1 nitrogen and oxygen atoms in total. The number of fused-ring (bicyclic) bond motifs is 2. The van der Waals surface area contributed by atoms with Crippen LogP contribution in [0.15, 0.2) is 112 Å². The third-order valence-electron chi connectivity index (χ3n) is 7.54. The van der Waals surface area contributed by atoms with Gasteiger partial charge >= 0.3 is 0 Å². The van der Waals surface area contributed by atoms with E-state index >= 15 is 0 Å². The highest BCUT2D eigenvalue weighted by Crippen LogP contribution is 2.62. The molecule has 0 amide bonds. The third kappa shape index (κ3) is 4.16. The van der Waals surface area contributed by atoms with Crippen molar-refractivity contribution in [3.63, 3.8) is 0 Å². The topological polar surface area (TPSA) is 3.24 Å². The smallest absolute Gasteiger partial charge is 0.0474 e. The van der Waals surface area contributed by atoms with Crippen LogP contribution in [0.3, 0.4) is 0 Å². The monoisotopic (exact) mass is 669 g/mol. The van der Waals surface area contributed by atoms with E-state index in [1.54, 1.807) is 30.3 Å². The molecule has 0 aromatic heterocycles. The van der Waals surface area contributed by atoms with E-state index in [1.807, 2.05) is 59.5 Å². The maximum Gasteiger partial charge on any atom is 0.0474 e. The van der Waals surface area contributed by atoms with Crippen LogP contribution in [0, 0.1) is 5.41 Å². The van der Waals surface area contributed by atoms with Gasteiger partial charge in [0.25, 0.3) is 0 Å². The third-order valence-corrected chi connectivity index (χ3v) is 8.60. The molecule has 0 radical (unpaired) electrons. The molecule has 0 aliphatic heterocycles. The van der Waals surface area contributed by atoms with Crippen molar-refractivity contribution < 1.29 is 24.7 Å². The Morgan fingerprint density at radius 2 is 1.18 bits per heavy atom. The molecule has 0 heterocycles. The van der Waals surface area contributed by atoms with Gasteiger partial charge in [-0.2, -0.15) is 0 Å². The number of nitrogens with zero attached hydrogens (tertiary/aromatic N) is 1. The molecule has 1 aliphatic rings. The molecule has 0 saturated heterocycles. The number of rotatable bonds is 4. The van der Waals surface area contributed by atoms with Crippen molar-refractivity contribution in [3.05, 3.63) is 123 Å². The zero-order valence-electron chi connectivity index (χ0n) is 39.0. The molecular formula is C37H35Br2N. The first-order valence-corrected chi connectivity index (χ1v) is 14.0. The van der Waals surface area contributed by atoms with Crippen molar-refractivity contribution in [2.45, 2.75) is 51.9 Å². The Morgan fingerprint density at radius 3 is 1.77 bits per heavy atom. The van der Waals surface area contributed by atoms with Crippen LogP contribution < -0.4 is 4.90 Å². The number of halogens is 2. The normalized spacial score (nSPS) is 25.1. The Bertz CT molecular complexity index is 2260. The van der Waals surface area contributed by atoms with Crippen LogP contribution in [-0.4, -0.2) is 0 Å². The Hall–Kier alpha value is -2.88. The van der Waals surface area contributed by atoms with Gasteiger partial charge in [0.15, 0.2) is 0 Å². The van der Waals surface area contributed by atoms with Crippen molar-refractivity contribution in [2.75, 3.05) is 4.90 Å². The summed E-state index contributed by atoms with van der Waals surface area (Å²) in [4.78, 5) is 1.92. The van der Waals surface area contributed by atoms with Crippen LogP contribution in [-0.2, 0) is 10.8 Å². The molecule has 0 fully saturated rings. The average Bonchev–Trinajstić information content (AvgIpc) is 3.38. The van der Waals surface area contributed by atoms with Crippen molar-refractivity contribution in [2.24, 2.45) is 5.41 Å². The quantitative estimate of drug-likeness (QED) is 0.184. The van der Waals surface area contributed by atoms with E-state index in [1.165, 1.54) is 6.07 Å². The molecule has 3 heteroatoms. The van der Waals surface area contributed by atoms with E-state index in [-0.39, 0.29) is 5.56 Å². The van der Waals surface area contributed by atoms with E-state index in [9.17, 15) is 0 Å². The largest absolute Gasteiger partial charge is 0.310 e. The summed E-state index contributed by atoms with van der Waals surface area (Å²) in [5.74, 6) is 0. The fourth-order valence-electron chi connectivity index (χ4n) is 5.32. The SMILES string of the molecule is [2H]C([2H])([2H])C1(C([2H])([2H])[2H])c2ccc(-c3cc(N(c4ccc(Br)cc4)c4ccc(Br)cc4)cc4ccccc34)cc2C(C([2H])([2H])[2H])(C([2H])([2H])[2H])C1(C([2H])([2H])[2H])C([2H])([2H])[2H]. The molecule has 0 spiro atoms. The van der Waals surface area contributed by atoms with Crippen LogP contribution >= 0.6 is 31.9 Å². The highest BCUT2D eigenvalue weighted by Gasteiger charge is 2.56. The molecule has 1 aliphatic carbocycles. The lowest BCUT2D eigenvalue weighted by Crippen LogP contribution is -2.42. The summed E-state index contributed by atoms with van der Waals surface area (Å²) in [6.07, 6.45) is 0. The fourth-order valence-corrected chi connectivity index (χ4v) is 5.85. The summed E-state index contributed by atoms with van der Waals surface area (Å²) in [5.41, 5.74) is -12.4. The predicted octanol–water partition coefficient (Wildman–Crippen LogP) is 12.1. The second-order valence-electron chi connectivity index (χ2n) is 10.0. The van der Waals surface area contributed by atoms with Gasteiger partial charge in [-0.3, -0.25) is 0 Å². The summed E-state index contributed by atoms with van der Waals surface area (Å²) < 4.78 is 160. The lowest BCUT2D eigenvalue weighted by atomic mass is 9.59. The number of hydrogen-bond acceptors (Lipinski definition) is 1.